The minimum Gasteiger partial charge on any atom is -0.327 e. The lowest BCUT2D eigenvalue weighted by Gasteiger charge is -2.21. The van der Waals surface area contributed by atoms with E-state index in [1.807, 2.05) is 24.3 Å². The summed E-state index contributed by atoms with van der Waals surface area (Å²) in [6.45, 7) is 2.08. The van der Waals surface area contributed by atoms with Gasteiger partial charge in [0.25, 0.3) is 0 Å². The second kappa shape index (κ2) is 6.18. The molecule has 0 spiro atoms. The van der Waals surface area contributed by atoms with Crippen molar-refractivity contribution in [3.8, 4) is 0 Å². The molecule has 0 radical (unpaired) electrons. The van der Waals surface area contributed by atoms with E-state index in [2.05, 4.69) is 19.1 Å². The standard InChI is InChI=1S/C16H17ClFN/c1-11(12-6-3-2-4-7-12)15(19)10-13-8-5-9-14(18)16(13)17/h2-9,11,15H,10,19H2,1H3. The van der Waals surface area contributed by atoms with E-state index >= 15 is 0 Å². The van der Waals surface area contributed by atoms with Crippen LogP contribution in [0.5, 0.6) is 0 Å². The molecular formula is C16H17ClFN. The van der Waals surface area contributed by atoms with E-state index < -0.39 is 5.82 Å². The van der Waals surface area contributed by atoms with Crippen molar-refractivity contribution in [2.24, 2.45) is 5.73 Å². The topological polar surface area (TPSA) is 26.0 Å². The van der Waals surface area contributed by atoms with E-state index in [4.69, 9.17) is 17.3 Å². The molecule has 100 valence electrons. The summed E-state index contributed by atoms with van der Waals surface area (Å²) >= 11 is 5.96. The Morgan fingerprint density at radius 2 is 1.79 bits per heavy atom. The Balaban J connectivity index is 2.13. The second-order valence-electron chi connectivity index (χ2n) is 4.78. The fourth-order valence-electron chi connectivity index (χ4n) is 2.14. The van der Waals surface area contributed by atoms with Crippen molar-refractivity contribution in [2.75, 3.05) is 0 Å². The highest BCUT2D eigenvalue weighted by Crippen LogP contribution is 2.25. The average molecular weight is 278 g/mol. The first-order valence-electron chi connectivity index (χ1n) is 6.33. The Morgan fingerprint density at radius 3 is 2.47 bits per heavy atom. The number of rotatable bonds is 4. The number of benzene rings is 2. The van der Waals surface area contributed by atoms with Crippen molar-refractivity contribution >= 4 is 11.6 Å². The molecule has 0 saturated heterocycles. The van der Waals surface area contributed by atoms with E-state index in [0.717, 1.165) is 5.56 Å². The van der Waals surface area contributed by atoms with Crippen LogP contribution in [0.3, 0.4) is 0 Å². The summed E-state index contributed by atoms with van der Waals surface area (Å²) < 4.78 is 13.4. The van der Waals surface area contributed by atoms with Crippen LogP contribution < -0.4 is 5.73 Å². The van der Waals surface area contributed by atoms with Gasteiger partial charge in [-0.15, -0.1) is 0 Å². The first-order valence-corrected chi connectivity index (χ1v) is 6.71. The Kier molecular flexibility index (Phi) is 4.56. The zero-order valence-electron chi connectivity index (χ0n) is 10.8. The van der Waals surface area contributed by atoms with E-state index in [-0.39, 0.29) is 17.0 Å². The Hall–Kier alpha value is -1.38. The summed E-state index contributed by atoms with van der Waals surface area (Å²) in [5.74, 6) is -0.195. The molecule has 0 aliphatic carbocycles. The fourth-order valence-corrected chi connectivity index (χ4v) is 2.34. The zero-order valence-corrected chi connectivity index (χ0v) is 11.6. The smallest absolute Gasteiger partial charge is 0.142 e. The van der Waals surface area contributed by atoms with Crippen LogP contribution in [0.4, 0.5) is 4.39 Å². The van der Waals surface area contributed by atoms with Crippen LogP contribution in [0.1, 0.15) is 24.0 Å². The van der Waals surface area contributed by atoms with Crippen LogP contribution in [0.2, 0.25) is 5.02 Å². The van der Waals surface area contributed by atoms with E-state index in [9.17, 15) is 4.39 Å². The van der Waals surface area contributed by atoms with Gasteiger partial charge in [0, 0.05) is 6.04 Å². The van der Waals surface area contributed by atoms with Gasteiger partial charge in [-0.2, -0.15) is 0 Å². The van der Waals surface area contributed by atoms with Gasteiger partial charge < -0.3 is 5.73 Å². The molecule has 0 saturated carbocycles. The van der Waals surface area contributed by atoms with Gasteiger partial charge >= 0.3 is 0 Å². The van der Waals surface area contributed by atoms with Crippen LogP contribution in [-0.2, 0) is 6.42 Å². The van der Waals surface area contributed by atoms with Crippen LogP contribution >= 0.6 is 11.6 Å². The molecule has 0 heterocycles. The number of hydrogen-bond acceptors (Lipinski definition) is 1. The van der Waals surface area contributed by atoms with Crippen LogP contribution in [0, 0.1) is 5.82 Å². The summed E-state index contributed by atoms with van der Waals surface area (Å²) in [7, 11) is 0. The van der Waals surface area contributed by atoms with E-state index in [1.54, 1.807) is 6.07 Å². The third kappa shape index (κ3) is 3.34. The van der Waals surface area contributed by atoms with Crippen molar-refractivity contribution < 1.29 is 4.39 Å². The predicted molar refractivity (Wildman–Crippen MR) is 77.9 cm³/mol. The molecule has 0 aliphatic rings. The second-order valence-corrected chi connectivity index (χ2v) is 5.16. The molecule has 2 unspecified atom stereocenters. The van der Waals surface area contributed by atoms with Crippen molar-refractivity contribution in [3.05, 3.63) is 70.5 Å². The molecule has 0 aliphatic heterocycles. The largest absolute Gasteiger partial charge is 0.327 e. The van der Waals surface area contributed by atoms with Crippen molar-refractivity contribution in [1.82, 2.24) is 0 Å². The number of nitrogens with two attached hydrogens (primary N) is 1. The average Bonchev–Trinajstić information content (AvgIpc) is 2.44. The molecule has 0 fully saturated rings. The normalized spacial score (nSPS) is 14.1. The maximum atomic E-state index is 13.4. The quantitative estimate of drug-likeness (QED) is 0.892. The number of halogens is 2. The van der Waals surface area contributed by atoms with Crippen LogP contribution in [0.15, 0.2) is 48.5 Å². The van der Waals surface area contributed by atoms with Crippen molar-refractivity contribution in [1.29, 1.82) is 0 Å². The van der Waals surface area contributed by atoms with Crippen LogP contribution in [-0.4, -0.2) is 6.04 Å². The van der Waals surface area contributed by atoms with Gasteiger partial charge in [-0.1, -0.05) is 61.0 Å². The lowest BCUT2D eigenvalue weighted by atomic mass is 9.90. The van der Waals surface area contributed by atoms with Gasteiger partial charge in [-0.05, 0) is 29.5 Å². The van der Waals surface area contributed by atoms with Crippen LogP contribution in [0.25, 0.3) is 0 Å². The van der Waals surface area contributed by atoms with Gasteiger partial charge in [-0.3, -0.25) is 0 Å². The van der Waals surface area contributed by atoms with Crippen molar-refractivity contribution in [3.63, 3.8) is 0 Å². The molecule has 0 amide bonds. The first-order chi connectivity index (χ1) is 9.09. The van der Waals surface area contributed by atoms with Gasteiger partial charge in [-0.25, -0.2) is 4.39 Å². The molecular weight excluding hydrogens is 261 g/mol. The summed E-state index contributed by atoms with van der Waals surface area (Å²) in [5, 5.41) is 0.179. The molecule has 0 aromatic heterocycles. The molecule has 0 bridgehead atoms. The molecule has 2 aromatic rings. The highest BCUT2D eigenvalue weighted by Gasteiger charge is 2.17. The lowest BCUT2D eigenvalue weighted by Crippen LogP contribution is -2.29. The molecule has 2 atom stereocenters. The third-order valence-corrected chi connectivity index (χ3v) is 3.88. The third-order valence-electron chi connectivity index (χ3n) is 3.45. The molecule has 1 nitrogen and oxygen atoms in total. The first kappa shape index (κ1) is 14.0. The Labute approximate surface area is 118 Å². The Morgan fingerprint density at radius 1 is 1.11 bits per heavy atom. The van der Waals surface area contributed by atoms with Gasteiger partial charge in [0.05, 0.1) is 5.02 Å². The highest BCUT2D eigenvalue weighted by molar-refractivity contribution is 6.31. The minimum atomic E-state index is -0.390. The van der Waals surface area contributed by atoms with E-state index in [0.29, 0.717) is 6.42 Å². The molecule has 2 aromatic carbocycles. The molecule has 2 rings (SSSR count). The zero-order chi connectivity index (χ0) is 13.8. The summed E-state index contributed by atoms with van der Waals surface area (Å²) in [4.78, 5) is 0. The lowest BCUT2D eigenvalue weighted by molar-refractivity contribution is 0.560. The molecule has 3 heteroatoms. The SMILES string of the molecule is CC(c1ccccc1)C(N)Cc1cccc(F)c1Cl. The minimum absolute atomic E-state index is 0.0956. The maximum absolute atomic E-state index is 13.4. The van der Waals surface area contributed by atoms with Gasteiger partial charge in [0.2, 0.25) is 0 Å². The molecule has 19 heavy (non-hydrogen) atoms. The van der Waals surface area contributed by atoms with E-state index in [1.165, 1.54) is 11.6 Å². The predicted octanol–water partition coefficient (Wildman–Crippen LogP) is 4.15. The highest BCUT2D eigenvalue weighted by atomic mass is 35.5. The van der Waals surface area contributed by atoms with Gasteiger partial charge in [0.15, 0.2) is 0 Å². The molecule has 2 N–H and O–H groups in total. The summed E-state index contributed by atoms with van der Waals surface area (Å²) in [6, 6.07) is 14.8. The maximum Gasteiger partial charge on any atom is 0.142 e. The summed E-state index contributed by atoms with van der Waals surface area (Å²) in [6.07, 6.45) is 0.562. The number of hydrogen-bond donors (Lipinski definition) is 1. The monoisotopic (exact) mass is 277 g/mol. The Bertz CT molecular complexity index is 542. The fraction of sp³-hybridized carbons (Fsp3) is 0.250. The van der Waals surface area contributed by atoms with Gasteiger partial charge in [0.1, 0.15) is 5.82 Å². The van der Waals surface area contributed by atoms with Crippen molar-refractivity contribution in [2.45, 2.75) is 25.3 Å². The summed E-state index contributed by atoms with van der Waals surface area (Å²) in [5.41, 5.74) is 8.16.